The van der Waals surface area contributed by atoms with Gasteiger partial charge in [0, 0.05) is 25.8 Å². The molecule has 20 heavy (non-hydrogen) atoms. The van der Waals surface area contributed by atoms with Crippen LogP contribution in [0.2, 0.25) is 5.15 Å². The van der Waals surface area contributed by atoms with Crippen LogP contribution in [0.3, 0.4) is 0 Å². The monoisotopic (exact) mass is 289 g/mol. The summed E-state index contributed by atoms with van der Waals surface area (Å²) >= 11 is 5.75. The van der Waals surface area contributed by atoms with Gasteiger partial charge in [-0.05, 0) is 24.3 Å². The number of carbonyl (C=O) groups is 1. The van der Waals surface area contributed by atoms with Crippen LogP contribution in [0, 0.1) is 0 Å². The molecule has 5 heteroatoms. The number of benzene rings is 1. The summed E-state index contributed by atoms with van der Waals surface area (Å²) < 4.78 is 0. The van der Waals surface area contributed by atoms with Crippen molar-refractivity contribution in [2.24, 2.45) is 0 Å². The van der Waals surface area contributed by atoms with Gasteiger partial charge in [-0.1, -0.05) is 35.9 Å². The number of amides is 1. The molecule has 1 amide bonds. The van der Waals surface area contributed by atoms with Crippen molar-refractivity contribution < 1.29 is 4.79 Å². The van der Waals surface area contributed by atoms with Crippen LogP contribution in [0.15, 0.2) is 48.5 Å². The van der Waals surface area contributed by atoms with E-state index in [2.05, 4.69) is 15.2 Å². The van der Waals surface area contributed by atoms with Gasteiger partial charge in [-0.3, -0.25) is 4.79 Å². The summed E-state index contributed by atoms with van der Waals surface area (Å²) in [5.74, 6) is -0.214. The summed E-state index contributed by atoms with van der Waals surface area (Å²) in [5.41, 5.74) is 1.45. The van der Waals surface area contributed by atoms with Crippen LogP contribution in [0.1, 0.15) is 10.5 Å². The van der Waals surface area contributed by atoms with Gasteiger partial charge in [0.15, 0.2) is 0 Å². The van der Waals surface area contributed by atoms with Crippen LogP contribution in [0.25, 0.3) is 0 Å². The van der Waals surface area contributed by atoms with Crippen molar-refractivity contribution in [3.05, 3.63) is 59.4 Å². The molecule has 1 heterocycles. The lowest BCUT2D eigenvalue weighted by Gasteiger charge is -2.19. The predicted molar refractivity (Wildman–Crippen MR) is 81.3 cm³/mol. The van der Waals surface area contributed by atoms with Crippen molar-refractivity contribution >= 4 is 23.2 Å². The smallest absolute Gasteiger partial charge is 0.270 e. The first kappa shape index (κ1) is 14.3. The summed E-state index contributed by atoms with van der Waals surface area (Å²) in [5, 5.41) is 3.14. The molecule has 0 atom stereocenters. The standard InChI is InChI=1S/C15H16ClN3O/c1-19(12-6-3-2-4-7-12)11-10-17-15(20)13-8-5-9-14(16)18-13/h2-9H,10-11H2,1H3,(H,17,20). The van der Waals surface area contributed by atoms with Crippen LogP contribution < -0.4 is 10.2 Å². The Kier molecular flexibility index (Phi) is 4.96. The Morgan fingerprint density at radius 3 is 2.65 bits per heavy atom. The number of para-hydroxylation sites is 1. The number of pyridine rings is 1. The van der Waals surface area contributed by atoms with Crippen molar-refractivity contribution in [3.63, 3.8) is 0 Å². The highest BCUT2D eigenvalue weighted by Gasteiger charge is 2.07. The van der Waals surface area contributed by atoms with Gasteiger partial charge in [0.25, 0.3) is 5.91 Å². The predicted octanol–water partition coefficient (Wildman–Crippen LogP) is 2.60. The highest BCUT2D eigenvalue weighted by molar-refractivity contribution is 6.29. The van der Waals surface area contributed by atoms with E-state index in [-0.39, 0.29) is 5.91 Å². The minimum absolute atomic E-state index is 0.214. The van der Waals surface area contributed by atoms with Gasteiger partial charge in [-0.2, -0.15) is 0 Å². The van der Waals surface area contributed by atoms with Gasteiger partial charge in [-0.15, -0.1) is 0 Å². The third-order valence-electron chi connectivity index (χ3n) is 2.88. The maximum atomic E-state index is 11.9. The highest BCUT2D eigenvalue weighted by atomic mass is 35.5. The highest BCUT2D eigenvalue weighted by Crippen LogP contribution is 2.10. The second-order valence-electron chi connectivity index (χ2n) is 4.36. The molecule has 0 fully saturated rings. The zero-order valence-corrected chi connectivity index (χ0v) is 12.0. The van der Waals surface area contributed by atoms with Gasteiger partial charge >= 0.3 is 0 Å². The lowest BCUT2D eigenvalue weighted by atomic mass is 10.3. The minimum atomic E-state index is -0.214. The van der Waals surface area contributed by atoms with Crippen LogP contribution >= 0.6 is 11.6 Å². The Balaban J connectivity index is 1.83. The van der Waals surface area contributed by atoms with Crippen molar-refractivity contribution in [1.29, 1.82) is 0 Å². The molecule has 0 saturated carbocycles. The molecule has 1 N–H and O–H groups in total. The second-order valence-corrected chi connectivity index (χ2v) is 4.75. The molecular weight excluding hydrogens is 274 g/mol. The Morgan fingerprint density at radius 2 is 1.95 bits per heavy atom. The SMILES string of the molecule is CN(CCNC(=O)c1cccc(Cl)n1)c1ccccc1. The second kappa shape index (κ2) is 6.91. The van der Waals surface area contributed by atoms with Crippen LogP contribution in [-0.4, -0.2) is 31.0 Å². The summed E-state index contributed by atoms with van der Waals surface area (Å²) in [7, 11) is 1.99. The van der Waals surface area contributed by atoms with E-state index in [1.807, 2.05) is 37.4 Å². The Bertz CT molecular complexity index is 574. The fourth-order valence-corrected chi connectivity index (χ4v) is 1.94. The number of nitrogens with zero attached hydrogens (tertiary/aromatic N) is 2. The van der Waals surface area contributed by atoms with Gasteiger partial charge in [-0.25, -0.2) is 4.98 Å². The van der Waals surface area contributed by atoms with E-state index in [0.29, 0.717) is 17.4 Å². The molecule has 4 nitrogen and oxygen atoms in total. The topological polar surface area (TPSA) is 45.2 Å². The lowest BCUT2D eigenvalue weighted by Crippen LogP contribution is -2.33. The number of rotatable bonds is 5. The van der Waals surface area contributed by atoms with Crippen LogP contribution in [0.5, 0.6) is 0 Å². The Morgan fingerprint density at radius 1 is 1.20 bits per heavy atom. The maximum absolute atomic E-state index is 11.9. The van der Waals surface area contributed by atoms with E-state index in [0.717, 1.165) is 12.2 Å². The third kappa shape index (κ3) is 3.96. The maximum Gasteiger partial charge on any atom is 0.270 e. The summed E-state index contributed by atoms with van der Waals surface area (Å²) in [6.07, 6.45) is 0. The van der Waals surface area contributed by atoms with E-state index < -0.39 is 0 Å². The lowest BCUT2D eigenvalue weighted by molar-refractivity contribution is 0.0950. The van der Waals surface area contributed by atoms with Crippen molar-refractivity contribution in [2.75, 3.05) is 25.0 Å². The first-order valence-corrected chi connectivity index (χ1v) is 6.71. The molecule has 2 rings (SSSR count). The normalized spacial score (nSPS) is 10.1. The number of hydrogen-bond acceptors (Lipinski definition) is 3. The first-order valence-electron chi connectivity index (χ1n) is 6.34. The van der Waals surface area contributed by atoms with E-state index in [4.69, 9.17) is 11.6 Å². The molecule has 0 saturated heterocycles. The molecule has 2 aromatic rings. The number of hydrogen-bond donors (Lipinski definition) is 1. The van der Waals surface area contributed by atoms with Gasteiger partial charge in [0.05, 0.1) is 0 Å². The number of anilines is 1. The summed E-state index contributed by atoms with van der Waals surface area (Å²) in [6, 6.07) is 15.0. The molecule has 0 unspecified atom stereocenters. The fraction of sp³-hybridized carbons (Fsp3) is 0.200. The summed E-state index contributed by atoms with van der Waals surface area (Å²) in [6.45, 7) is 1.26. The van der Waals surface area contributed by atoms with Crippen molar-refractivity contribution in [1.82, 2.24) is 10.3 Å². The zero-order chi connectivity index (χ0) is 14.4. The number of nitrogens with one attached hydrogen (secondary N) is 1. The van der Waals surface area contributed by atoms with Gasteiger partial charge in [0.2, 0.25) is 0 Å². The molecule has 0 aliphatic carbocycles. The fourth-order valence-electron chi connectivity index (χ4n) is 1.77. The van der Waals surface area contributed by atoms with E-state index >= 15 is 0 Å². The van der Waals surface area contributed by atoms with E-state index in [9.17, 15) is 4.79 Å². The van der Waals surface area contributed by atoms with E-state index in [1.165, 1.54) is 0 Å². The van der Waals surface area contributed by atoms with Crippen LogP contribution in [-0.2, 0) is 0 Å². The quantitative estimate of drug-likeness (QED) is 0.861. The average molecular weight is 290 g/mol. The molecule has 1 aromatic carbocycles. The zero-order valence-electron chi connectivity index (χ0n) is 11.2. The molecule has 0 aliphatic rings. The average Bonchev–Trinajstić information content (AvgIpc) is 2.48. The molecule has 0 aliphatic heterocycles. The van der Waals surface area contributed by atoms with Gasteiger partial charge in [0.1, 0.15) is 10.8 Å². The minimum Gasteiger partial charge on any atom is -0.373 e. The van der Waals surface area contributed by atoms with Crippen LogP contribution in [0.4, 0.5) is 5.69 Å². The largest absolute Gasteiger partial charge is 0.373 e. The van der Waals surface area contributed by atoms with Crippen molar-refractivity contribution in [3.8, 4) is 0 Å². The Labute approximate surface area is 123 Å². The molecule has 104 valence electrons. The molecular formula is C15H16ClN3O. The van der Waals surface area contributed by atoms with Crippen molar-refractivity contribution in [2.45, 2.75) is 0 Å². The van der Waals surface area contributed by atoms with E-state index in [1.54, 1.807) is 18.2 Å². The number of halogens is 1. The number of carbonyl (C=O) groups excluding carboxylic acids is 1. The molecule has 0 bridgehead atoms. The Hall–Kier alpha value is -2.07. The molecule has 1 aromatic heterocycles. The molecule has 0 spiro atoms. The first-order chi connectivity index (χ1) is 9.66. The summed E-state index contributed by atoms with van der Waals surface area (Å²) in [4.78, 5) is 17.9. The molecule has 0 radical (unpaired) electrons. The third-order valence-corrected chi connectivity index (χ3v) is 3.09. The number of aromatic nitrogens is 1. The number of likely N-dealkylation sites (N-methyl/N-ethyl adjacent to an activating group) is 1. The van der Waals surface area contributed by atoms with Gasteiger partial charge < -0.3 is 10.2 Å².